The van der Waals surface area contributed by atoms with Crippen LogP contribution in [0.1, 0.15) is 44.9 Å². The summed E-state index contributed by atoms with van der Waals surface area (Å²) in [5.41, 5.74) is 0.380. The third-order valence-corrected chi connectivity index (χ3v) is 4.97. The van der Waals surface area contributed by atoms with Crippen molar-refractivity contribution in [2.45, 2.75) is 61.6 Å². The number of alkyl halides is 2. The van der Waals surface area contributed by atoms with Gasteiger partial charge in [-0.2, -0.15) is 8.78 Å². The molecule has 1 fully saturated rings. The second-order valence-corrected chi connectivity index (χ2v) is 7.29. The number of amides is 3. The first-order valence-corrected chi connectivity index (χ1v) is 9.80. The first-order chi connectivity index (χ1) is 12.5. The van der Waals surface area contributed by atoms with Gasteiger partial charge in [0, 0.05) is 23.9 Å². The van der Waals surface area contributed by atoms with Crippen molar-refractivity contribution in [1.82, 2.24) is 10.6 Å². The molecule has 0 atom stereocenters. The highest BCUT2D eigenvalue weighted by molar-refractivity contribution is 7.99. The van der Waals surface area contributed by atoms with Gasteiger partial charge in [-0.1, -0.05) is 43.2 Å². The summed E-state index contributed by atoms with van der Waals surface area (Å²) in [6.45, 7) is 0.388. The fraction of sp³-hybridized carbons (Fsp3) is 0.556. The Kier molecular flexibility index (Phi) is 8.67. The fourth-order valence-electron chi connectivity index (χ4n) is 2.92. The Balaban J connectivity index is 1.65. The van der Waals surface area contributed by atoms with E-state index >= 15 is 0 Å². The number of hydrogen-bond acceptors (Lipinski definition) is 3. The predicted molar refractivity (Wildman–Crippen MR) is 99.6 cm³/mol. The van der Waals surface area contributed by atoms with Crippen LogP contribution in [-0.4, -0.2) is 30.3 Å². The van der Waals surface area contributed by atoms with Gasteiger partial charge in [0.05, 0.1) is 5.69 Å². The van der Waals surface area contributed by atoms with Crippen LogP contribution in [0, 0.1) is 0 Å². The number of carbonyl (C=O) groups is 2. The zero-order valence-electron chi connectivity index (χ0n) is 14.6. The Morgan fingerprint density at radius 1 is 1.15 bits per heavy atom. The van der Waals surface area contributed by atoms with E-state index < -0.39 is 5.76 Å². The first-order valence-electron chi connectivity index (χ1n) is 8.92. The SMILES string of the molecule is O=C(CCCNC(=O)NC1CCCCC1)Nc1ccccc1SC(F)F. The molecule has 3 amide bonds. The van der Waals surface area contributed by atoms with Crippen molar-refractivity contribution >= 4 is 29.4 Å². The van der Waals surface area contributed by atoms with E-state index in [9.17, 15) is 18.4 Å². The summed E-state index contributed by atoms with van der Waals surface area (Å²) in [6.07, 6.45) is 6.25. The number of anilines is 1. The Hall–Kier alpha value is -1.83. The van der Waals surface area contributed by atoms with Gasteiger partial charge in [0.15, 0.2) is 0 Å². The van der Waals surface area contributed by atoms with E-state index in [2.05, 4.69) is 16.0 Å². The number of halogens is 2. The van der Waals surface area contributed by atoms with Crippen molar-refractivity contribution in [2.75, 3.05) is 11.9 Å². The second-order valence-electron chi connectivity index (χ2n) is 6.26. The Morgan fingerprint density at radius 3 is 2.62 bits per heavy atom. The molecule has 0 saturated heterocycles. The largest absolute Gasteiger partial charge is 0.338 e. The summed E-state index contributed by atoms with van der Waals surface area (Å²) < 4.78 is 25.1. The lowest BCUT2D eigenvalue weighted by Crippen LogP contribution is -2.43. The monoisotopic (exact) mass is 385 g/mol. The number of rotatable bonds is 8. The first kappa shape index (κ1) is 20.5. The lowest BCUT2D eigenvalue weighted by atomic mass is 9.96. The lowest BCUT2D eigenvalue weighted by molar-refractivity contribution is -0.116. The highest BCUT2D eigenvalue weighted by Gasteiger charge is 2.15. The average molecular weight is 385 g/mol. The predicted octanol–water partition coefficient (Wildman–Crippen LogP) is 4.35. The molecule has 1 aromatic rings. The molecule has 0 heterocycles. The molecule has 0 spiro atoms. The standard InChI is InChI=1S/C18H25F2N3O2S/c19-17(20)26-15-10-5-4-9-14(15)23-16(24)11-6-12-21-18(25)22-13-7-2-1-3-8-13/h4-5,9-10,13,17H,1-3,6-8,11-12H2,(H,23,24)(H2,21,22,25). The third-order valence-electron chi connectivity index (χ3n) is 4.18. The van der Waals surface area contributed by atoms with Crippen LogP contribution < -0.4 is 16.0 Å². The molecule has 0 aliphatic heterocycles. The zero-order valence-corrected chi connectivity index (χ0v) is 15.4. The third kappa shape index (κ3) is 7.59. The summed E-state index contributed by atoms with van der Waals surface area (Å²) in [5, 5.41) is 8.35. The zero-order chi connectivity index (χ0) is 18.8. The van der Waals surface area contributed by atoms with Crippen molar-refractivity contribution in [1.29, 1.82) is 0 Å². The van der Waals surface area contributed by atoms with Gasteiger partial charge in [0.25, 0.3) is 5.76 Å². The summed E-state index contributed by atoms with van der Waals surface area (Å²) >= 11 is 0.402. The fourth-order valence-corrected chi connectivity index (χ4v) is 3.51. The van der Waals surface area contributed by atoms with Gasteiger partial charge in [-0.15, -0.1) is 0 Å². The van der Waals surface area contributed by atoms with Crippen LogP contribution in [0.3, 0.4) is 0 Å². The minimum Gasteiger partial charge on any atom is -0.338 e. The molecule has 8 heteroatoms. The molecule has 1 aliphatic carbocycles. The summed E-state index contributed by atoms with van der Waals surface area (Å²) in [7, 11) is 0. The Bertz CT molecular complexity index is 596. The maximum absolute atomic E-state index is 12.5. The average Bonchev–Trinajstić information content (AvgIpc) is 2.61. The van der Waals surface area contributed by atoms with Crippen LogP contribution in [0.5, 0.6) is 0 Å². The van der Waals surface area contributed by atoms with Gasteiger partial charge in [-0.05, 0) is 31.4 Å². The molecule has 2 rings (SSSR count). The molecule has 1 aromatic carbocycles. The highest BCUT2D eigenvalue weighted by atomic mass is 32.2. The Morgan fingerprint density at radius 2 is 1.88 bits per heavy atom. The van der Waals surface area contributed by atoms with Crippen LogP contribution in [0.25, 0.3) is 0 Å². The van der Waals surface area contributed by atoms with Crippen molar-refractivity contribution in [3.8, 4) is 0 Å². The number of carbonyl (C=O) groups excluding carboxylic acids is 2. The van der Waals surface area contributed by atoms with E-state index in [1.807, 2.05) is 0 Å². The van der Waals surface area contributed by atoms with E-state index in [-0.39, 0.29) is 24.4 Å². The molecule has 5 nitrogen and oxygen atoms in total. The highest BCUT2D eigenvalue weighted by Crippen LogP contribution is 2.31. The van der Waals surface area contributed by atoms with Crippen LogP contribution in [0.4, 0.5) is 19.3 Å². The van der Waals surface area contributed by atoms with Gasteiger partial charge in [0.1, 0.15) is 0 Å². The van der Waals surface area contributed by atoms with Crippen LogP contribution in [-0.2, 0) is 4.79 Å². The molecule has 0 radical (unpaired) electrons. The molecule has 3 N–H and O–H groups in total. The van der Waals surface area contributed by atoms with E-state index in [1.165, 1.54) is 6.42 Å². The number of benzene rings is 1. The van der Waals surface area contributed by atoms with Crippen molar-refractivity contribution in [3.05, 3.63) is 24.3 Å². The molecule has 26 heavy (non-hydrogen) atoms. The maximum Gasteiger partial charge on any atom is 0.315 e. The van der Waals surface area contributed by atoms with E-state index in [0.717, 1.165) is 25.7 Å². The maximum atomic E-state index is 12.5. The number of para-hydroxylation sites is 1. The minimum atomic E-state index is -2.54. The van der Waals surface area contributed by atoms with Gasteiger partial charge in [-0.3, -0.25) is 4.79 Å². The molecular formula is C18H25F2N3O2S. The van der Waals surface area contributed by atoms with Crippen LogP contribution in [0.2, 0.25) is 0 Å². The van der Waals surface area contributed by atoms with Crippen molar-refractivity contribution < 1.29 is 18.4 Å². The van der Waals surface area contributed by atoms with E-state index in [0.29, 0.717) is 35.3 Å². The summed E-state index contributed by atoms with van der Waals surface area (Å²) in [6, 6.07) is 6.52. The molecule has 0 aromatic heterocycles. The second kappa shape index (κ2) is 11.0. The summed E-state index contributed by atoms with van der Waals surface area (Å²) in [5.74, 6) is -2.80. The number of thioether (sulfide) groups is 1. The van der Waals surface area contributed by atoms with Crippen molar-refractivity contribution in [2.24, 2.45) is 0 Å². The smallest absolute Gasteiger partial charge is 0.315 e. The van der Waals surface area contributed by atoms with Gasteiger partial charge in [-0.25, -0.2) is 4.79 Å². The Labute approximate surface area is 156 Å². The van der Waals surface area contributed by atoms with Gasteiger partial charge < -0.3 is 16.0 Å². The van der Waals surface area contributed by atoms with E-state index in [1.54, 1.807) is 24.3 Å². The molecule has 1 saturated carbocycles. The normalized spacial score (nSPS) is 14.9. The quantitative estimate of drug-likeness (QED) is 0.460. The molecular weight excluding hydrogens is 360 g/mol. The lowest BCUT2D eigenvalue weighted by Gasteiger charge is -2.22. The van der Waals surface area contributed by atoms with E-state index in [4.69, 9.17) is 0 Å². The molecule has 0 bridgehead atoms. The van der Waals surface area contributed by atoms with Gasteiger partial charge >= 0.3 is 6.03 Å². The number of hydrogen-bond donors (Lipinski definition) is 3. The summed E-state index contributed by atoms with van der Waals surface area (Å²) in [4.78, 5) is 24.1. The molecule has 144 valence electrons. The molecule has 1 aliphatic rings. The minimum absolute atomic E-state index is 0.198. The van der Waals surface area contributed by atoms with Gasteiger partial charge in [0.2, 0.25) is 5.91 Å². The van der Waals surface area contributed by atoms with Crippen LogP contribution in [0.15, 0.2) is 29.2 Å². The molecule has 0 unspecified atom stereocenters. The van der Waals surface area contributed by atoms with Crippen LogP contribution >= 0.6 is 11.8 Å². The topological polar surface area (TPSA) is 70.2 Å². The van der Waals surface area contributed by atoms with Crippen molar-refractivity contribution in [3.63, 3.8) is 0 Å². The number of nitrogens with one attached hydrogen (secondary N) is 3. The number of urea groups is 1.